The second-order valence-electron chi connectivity index (χ2n) is 4.35. The quantitative estimate of drug-likeness (QED) is 0.646. The first-order valence-electron chi connectivity index (χ1n) is 5.27. The molecule has 1 aliphatic rings. The molecule has 0 unspecified atom stereocenters. The largest absolute Gasteiger partial charge is 0.269 e. The lowest BCUT2D eigenvalue weighted by atomic mass is 9.87. The molecule has 0 atom stereocenters. The van der Waals surface area contributed by atoms with Gasteiger partial charge in [-0.15, -0.1) is 0 Å². The van der Waals surface area contributed by atoms with Crippen LogP contribution in [0.1, 0.15) is 44.3 Å². The Morgan fingerprint density at radius 3 is 2.54 bits per heavy atom. The number of aromatic nitrogens is 2. The average molecular weight is 178 g/mol. The van der Waals surface area contributed by atoms with Crippen LogP contribution in [0.2, 0.25) is 0 Å². The molecule has 0 aromatic carbocycles. The third-order valence-corrected chi connectivity index (χ3v) is 3.10. The zero-order valence-corrected chi connectivity index (χ0v) is 8.53. The highest BCUT2D eigenvalue weighted by molar-refractivity contribution is 4.96. The highest BCUT2D eigenvalue weighted by atomic mass is 15.3. The van der Waals surface area contributed by atoms with E-state index < -0.39 is 0 Å². The molecule has 1 saturated carbocycles. The Morgan fingerprint density at radius 2 is 2.00 bits per heavy atom. The monoisotopic (exact) mass is 178 g/mol. The van der Waals surface area contributed by atoms with Crippen LogP contribution in [-0.4, -0.2) is 9.78 Å². The summed E-state index contributed by atoms with van der Waals surface area (Å²) in [4.78, 5) is 0. The smallest absolute Gasteiger partial charge is 0.0593 e. The molecule has 0 N–H and O–H groups in total. The first-order chi connectivity index (χ1) is 6.25. The van der Waals surface area contributed by atoms with Crippen molar-refractivity contribution in [1.29, 1.82) is 0 Å². The molecule has 1 aromatic heterocycles. The van der Waals surface area contributed by atoms with E-state index in [9.17, 15) is 0 Å². The number of nitrogens with zero attached hydrogens (tertiary/aromatic N) is 2. The van der Waals surface area contributed by atoms with E-state index in [4.69, 9.17) is 0 Å². The third kappa shape index (κ3) is 1.93. The Bertz CT molecular complexity index is 269. The number of aryl methyl sites for hydroxylation is 1. The Kier molecular flexibility index (Phi) is 2.38. The normalized spacial score (nSPS) is 29.1. The lowest BCUT2D eigenvalue weighted by Crippen LogP contribution is -2.17. The summed E-state index contributed by atoms with van der Waals surface area (Å²) in [7, 11) is 0. The first-order valence-corrected chi connectivity index (χ1v) is 5.27. The summed E-state index contributed by atoms with van der Waals surface area (Å²) in [6.45, 7) is 4.41. The molecule has 2 nitrogen and oxygen atoms in total. The van der Waals surface area contributed by atoms with E-state index in [0.29, 0.717) is 6.04 Å². The minimum Gasteiger partial charge on any atom is -0.269 e. The van der Waals surface area contributed by atoms with Gasteiger partial charge >= 0.3 is 0 Å². The number of hydrogen-bond donors (Lipinski definition) is 0. The molecule has 1 aliphatic carbocycles. The van der Waals surface area contributed by atoms with Gasteiger partial charge in [-0.05, 0) is 44.6 Å². The van der Waals surface area contributed by atoms with Crippen molar-refractivity contribution in [2.45, 2.75) is 45.6 Å². The highest BCUT2D eigenvalue weighted by Gasteiger charge is 2.19. The maximum absolute atomic E-state index is 4.48. The maximum atomic E-state index is 4.48. The SMILES string of the molecule is Cc1ccn(C2CCC(C)CC2)n1. The summed E-state index contributed by atoms with van der Waals surface area (Å²) >= 11 is 0. The van der Waals surface area contributed by atoms with Crippen LogP contribution in [0.4, 0.5) is 0 Å². The van der Waals surface area contributed by atoms with Crippen molar-refractivity contribution in [3.8, 4) is 0 Å². The van der Waals surface area contributed by atoms with Gasteiger partial charge in [-0.1, -0.05) is 6.92 Å². The molecule has 2 heteroatoms. The predicted molar refractivity (Wildman–Crippen MR) is 53.6 cm³/mol. The Hall–Kier alpha value is -0.790. The van der Waals surface area contributed by atoms with Crippen LogP contribution in [0.5, 0.6) is 0 Å². The van der Waals surface area contributed by atoms with E-state index >= 15 is 0 Å². The van der Waals surface area contributed by atoms with Crippen LogP contribution in [-0.2, 0) is 0 Å². The Balaban J connectivity index is 2.02. The van der Waals surface area contributed by atoms with Gasteiger partial charge in [-0.3, -0.25) is 4.68 Å². The van der Waals surface area contributed by atoms with E-state index in [1.54, 1.807) is 0 Å². The fourth-order valence-electron chi connectivity index (χ4n) is 2.14. The summed E-state index contributed by atoms with van der Waals surface area (Å²) in [6.07, 6.45) is 7.47. The lowest BCUT2D eigenvalue weighted by molar-refractivity contribution is 0.273. The molecule has 0 spiro atoms. The molecular formula is C11H18N2. The van der Waals surface area contributed by atoms with E-state index in [1.807, 2.05) is 0 Å². The van der Waals surface area contributed by atoms with Crippen LogP contribution in [0.3, 0.4) is 0 Å². The van der Waals surface area contributed by atoms with Crippen molar-refractivity contribution >= 4 is 0 Å². The first kappa shape index (κ1) is 8.79. The molecule has 0 radical (unpaired) electrons. The number of rotatable bonds is 1. The van der Waals surface area contributed by atoms with Crippen molar-refractivity contribution in [3.05, 3.63) is 18.0 Å². The van der Waals surface area contributed by atoms with Crippen molar-refractivity contribution in [2.75, 3.05) is 0 Å². The zero-order chi connectivity index (χ0) is 9.26. The Morgan fingerprint density at radius 1 is 1.31 bits per heavy atom. The number of hydrogen-bond acceptors (Lipinski definition) is 1. The average Bonchev–Trinajstić information content (AvgIpc) is 2.53. The summed E-state index contributed by atoms with van der Waals surface area (Å²) in [5, 5.41) is 4.48. The maximum Gasteiger partial charge on any atom is 0.0593 e. The molecule has 1 fully saturated rings. The molecule has 1 aromatic rings. The predicted octanol–water partition coefficient (Wildman–Crippen LogP) is 2.94. The van der Waals surface area contributed by atoms with Gasteiger partial charge in [-0.2, -0.15) is 5.10 Å². The van der Waals surface area contributed by atoms with Gasteiger partial charge < -0.3 is 0 Å². The van der Waals surface area contributed by atoms with Crippen LogP contribution in [0.25, 0.3) is 0 Å². The minimum absolute atomic E-state index is 0.671. The fourth-order valence-corrected chi connectivity index (χ4v) is 2.14. The van der Waals surface area contributed by atoms with Gasteiger partial charge in [0.1, 0.15) is 0 Å². The van der Waals surface area contributed by atoms with Gasteiger partial charge in [0.05, 0.1) is 11.7 Å². The summed E-state index contributed by atoms with van der Waals surface area (Å²) < 4.78 is 2.15. The van der Waals surface area contributed by atoms with Gasteiger partial charge in [-0.25, -0.2) is 0 Å². The third-order valence-electron chi connectivity index (χ3n) is 3.10. The summed E-state index contributed by atoms with van der Waals surface area (Å²) in [6, 6.07) is 2.77. The fraction of sp³-hybridized carbons (Fsp3) is 0.727. The standard InChI is InChI=1S/C11H18N2/c1-9-3-5-11(6-4-9)13-8-7-10(2)12-13/h7-9,11H,3-6H2,1-2H3. The van der Waals surface area contributed by atoms with E-state index in [0.717, 1.165) is 11.6 Å². The molecule has 0 amide bonds. The zero-order valence-electron chi connectivity index (χ0n) is 8.53. The molecule has 0 bridgehead atoms. The lowest BCUT2D eigenvalue weighted by Gasteiger charge is -2.26. The van der Waals surface area contributed by atoms with Crippen LogP contribution in [0, 0.1) is 12.8 Å². The molecule has 0 saturated heterocycles. The van der Waals surface area contributed by atoms with E-state index in [1.165, 1.54) is 25.7 Å². The highest BCUT2D eigenvalue weighted by Crippen LogP contribution is 2.31. The van der Waals surface area contributed by atoms with Crippen molar-refractivity contribution in [3.63, 3.8) is 0 Å². The van der Waals surface area contributed by atoms with Crippen molar-refractivity contribution in [1.82, 2.24) is 9.78 Å². The van der Waals surface area contributed by atoms with Crippen LogP contribution in [0.15, 0.2) is 12.3 Å². The Labute approximate surface area is 80.0 Å². The van der Waals surface area contributed by atoms with Crippen LogP contribution < -0.4 is 0 Å². The molecule has 0 aliphatic heterocycles. The minimum atomic E-state index is 0.671. The molecule has 13 heavy (non-hydrogen) atoms. The summed E-state index contributed by atoms with van der Waals surface area (Å²) in [5.74, 6) is 0.924. The van der Waals surface area contributed by atoms with E-state index in [-0.39, 0.29) is 0 Å². The molecule has 72 valence electrons. The molecular weight excluding hydrogens is 160 g/mol. The second kappa shape index (κ2) is 3.52. The van der Waals surface area contributed by atoms with Gasteiger partial charge in [0, 0.05) is 6.20 Å². The van der Waals surface area contributed by atoms with Gasteiger partial charge in [0.15, 0.2) is 0 Å². The molecule has 1 heterocycles. The molecule has 2 rings (SSSR count). The van der Waals surface area contributed by atoms with Gasteiger partial charge in [0.25, 0.3) is 0 Å². The van der Waals surface area contributed by atoms with Gasteiger partial charge in [0.2, 0.25) is 0 Å². The van der Waals surface area contributed by atoms with Crippen LogP contribution >= 0.6 is 0 Å². The second-order valence-corrected chi connectivity index (χ2v) is 4.35. The summed E-state index contributed by atoms with van der Waals surface area (Å²) in [5.41, 5.74) is 1.14. The van der Waals surface area contributed by atoms with Crippen molar-refractivity contribution in [2.24, 2.45) is 5.92 Å². The van der Waals surface area contributed by atoms with Crippen molar-refractivity contribution < 1.29 is 0 Å². The van der Waals surface area contributed by atoms with E-state index in [2.05, 4.69) is 35.9 Å². The topological polar surface area (TPSA) is 17.8 Å².